The zero-order valence-corrected chi connectivity index (χ0v) is 10.1. The monoisotopic (exact) mass is 202 g/mol. The molecule has 2 nitrogen and oxygen atoms in total. The summed E-state index contributed by atoms with van der Waals surface area (Å²) in [6.07, 6.45) is 3.99. The Kier molecular flexibility index (Phi) is 8.20. The molecule has 2 unspecified atom stereocenters. The predicted molar refractivity (Wildman–Crippen MR) is 60.4 cm³/mol. The highest BCUT2D eigenvalue weighted by Gasteiger charge is 2.06. The van der Waals surface area contributed by atoms with E-state index in [1.165, 1.54) is 12.8 Å². The summed E-state index contributed by atoms with van der Waals surface area (Å²) in [5.41, 5.74) is 0. The van der Waals surface area contributed by atoms with Crippen molar-refractivity contribution in [1.29, 1.82) is 0 Å². The fraction of sp³-hybridized carbons (Fsp3) is 1.00. The van der Waals surface area contributed by atoms with E-state index in [0.717, 1.165) is 12.3 Å². The Bertz CT molecular complexity index is 123. The summed E-state index contributed by atoms with van der Waals surface area (Å²) >= 11 is 0. The number of hydrogen-bond acceptors (Lipinski definition) is 2. The fourth-order valence-corrected chi connectivity index (χ4v) is 1.28. The summed E-state index contributed by atoms with van der Waals surface area (Å²) in [6, 6.07) is 0. The van der Waals surface area contributed by atoms with Crippen LogP contribution in [0, 0.1) is 11.8 Å². The van der Waals surface area contributed by atoms with Crippen molar-refractivity contribution in [1.82, 2.24) is 0 Å². The largest absolute Gasteiger partial charge is 0.396 e. The molecule has 86 valence electrons. The molecule has 0 saturated carbocycles. The summed E-state index contributed by atoms with van der Waals surface area (Å²) < 4.78 is 5.62. The second-order valence-corrected chi connectivity index (χ2v) is 4.76. The van der Waals surface area contributed by atoms with Gasteiger partial charge in [0.1, 0.15) is 0 Å². The smallest absolute Gasteiger partial charge is 0.0547 e. The lowest BCUT2D eigenvalue weighted by Crippen LogP contribution is -2.16. The summed E-state index contributed by atoms with van der Waals surface area (Å²) in [5.74, 6) is 1.06. The molecule has 0 aliphatic heterocycles. The molecule has 0 amide bonds. The van der Waals surface area contributed by atoms with Crippen molar-refractivity contribution in [2.45, 2.75) is 53.1 Å². The van der Waals surface area contributed by atoms with Gasteiger partial charge in [-0.1, -0.05) is 33.6 Å². The zero-order chi connectivity index (χ0) is 11.0. The number of aliphatic hydroxyl groups excluding tert-OH is 1. The van der Waals surface area contributed by atoms with Crippen molar-refractivity contribution >= 4 is 0 Å². The Balaban J connectivity index is 3.32. The van der Waals surface area contributed by atoms with Crippen LogP contribution in [-0.4, -0.2) is 24.4 Å². The summed E-state index contributed by atoms with van der Waals surface area (Å²) in [5, 5.41) is 8.82. The Morgan fingerprint density at radius 3 is 2.21 bits per heavy atom. The molecule has 2 heteroatoms. The standard InChI is InChI=1S/C12H26O2/c1-10(2)6-5-7-12(4)14-9-11(3)8-13/h10-13H,5-9H2,1-4H3. The van der Waals surface area contributed by atoms with Crippen molar-refractivity contribution in [3.63, 3.8) is 0 Å². The lowest BCUT2D eigenvalue weighted by atomic mass is 10.0. The van der Waals surface area contributed by atoms with E-state index in [1.807, 2.05) is 6.92 Å². The maximum atomic E-state index is 8.82. The molecule has 0 spiro atoms. The fourth-order valence-electron chi connectivity index (χ4n) is 1.28. The zero-order valence-electron chi connectivity index (χ0n) is 10.1. The molecule has 0 saturated heterocycles. The molecule has 0 aliphatic carbocycles. The first-order valence-electron chi connectivity index (χ1n) is 5.78. The van der Waals surface area contributed by atoms with Gasteiger partial charge in [0.05, 0.1) is 12.7 Å². The molecule has 1 N–H and O–H groups in total. The van der Waals surface area contributed by atoms with E-state index in [9.17, 15) is 0 Å². The average Bonchev–Trinajstić information content (AvgIpc) is 2.13. The van der Waals surface area contributed by atoms with Crippen LogP contribution in [0.2, 0.25) is 0 Å². The molecular formula is C12H26O2. The molecule has 0 fully saturated rings. The van der Waals surface area contributed by atoms with Gasteiger partial charge in [0, 0.05) is 12.5 Å². The molecule has 0 rings (SSSR count). The summed E-state index contributed by atoms with van der Waals surface area (Å²) in [6.45, 7) is 9.52. The van der Waals surface area contributed by atoms with Crippen LogP contribution in [0.5, 0.6) is 0 Å². The van der Waals surface area contributed by atoms with E-state index in [0.29, 0.717) is 12.7 Å². The third-order valence-corrected chi connectivity index (χ3v) is 2.37. The third kappa shape index (κ3) is 8.52. The van der Waals surface area contributed by atoms with Crippen LogP contribution in [0.4, 0.5) is 0 Å². The van der Waals surface area contributed by atoms with Crippen LogP contribution in [0.25, 0.3) is 0 Å². The van der Waals surface area contributed by atoms with Crippen molar-refractivity contribution < 1.29 is 9.84 Å². The van der Waals surface area contributed by atoms with Crippen molar-refractivity contribution in [2.24, 2.45) is 11.8 Å². The van der Waals surface area contributed by atoms with Crippen molar-refractivity contribution in [3.05, 3.63) is 0 Å². The van der Waals surface area contributed by atoms with E-state index < -0.39 is 0 Å². The van der Waals surface area contributed by atoms with Crippen molar-refractivity contribution in [3.8, 4) is 0 Å². The Hall–Kier alpha value is -0.0800. The van der Waals surface area contributed by atoms with E-state index in [2.05, 4.69) is 20.8 Å². The highest BCUT2D eigenvalue weighted by Crippen LogP contribution is 2.10. The molecule has 0 aromatic rings. The van der Waals surface area contributed by atoms with E-state index >= 15 is 0 Å². The lowest BCUT2D eigenvalue weighted by Gasteiger charge is -2.16. The molecule has 0 radical (unpaired) electrons. The molecule has 14 heavy (non-hydrogen) atoms. The number of rotatable bonds is 8. The molecule has 0 bridgehead atoms. The summed E-state index contributed by atoms with van der Waals surface area (Å²) in [7, 11) is 0. The average molecular weight is 202 g/mol. The molecule has 0 aliphatic rings. The highest BCUT2D eigenvalue weighted by atomic mass is 16.5. The van der Waals surface area contributed by atoms with E-state index in [1.54, 1.807) is 0 Å². The predicted octanol–water partition coefficient (Wildman–Crippen LogP) is 2.85. The first-order chi connectivity index (χ1) is 6.56. The molecule has 2 atom stereocenters. The normalized spacial score (nSPS) is 15.9. The van der Waals surface area contributed by atoms with E-state index in [4.69, 9.17) is 9.84 Å². The number of aliphatic hydroxyl groups is 1. The van der Waals surface area contributed by atoms with Crippen LogP contribution in [0.15, 0.2) is 0 Å². The number of ether oxygens (including phenoxy) is 1. The van der Waals surface area contributed by atoms with Gasteiger partial charge in [-0.25, -0.2) is 0 Å². The molecular weight excluding hydrogens is 176 g/mol. The minimum atomic E-state index is 0.221. The van der Waals surface area contributed by atoms with Crippen LogP contribution in [0.3, 0.4) is 0 Å². The topological polar surface area (TPSA) is 29.5 Å². The maximum Gasteiger partial charge on any atom is 0.0547 e. The van der Waals surface area contributed by atoms with Crippen LogP contribution in [0.1, 0.15) is 47.0 Å². The number of hydrogen-bond donors (Lipinski definition) is 1. The van der Waals surface area contributed by atoms with Gasteiger partial charge >= 0.3 is 0 Å². The van der Waals surface area contributed by atoms with Crippen LogP contribution >= 0.6 is 0 Å². The van der Waals surface area contributed by atoms with Gasteiger partial charge in [-0.2, -0.15) is 0 Å². The van der Waals surface area contributed by atoms with Gasteiger partial charge in [-0.05, 0) is 19.3 Å². The van der Waals surface area contributed by atoms with Gasteiger partial charge in [0.25, 0.3) is 0 Å². The van der Waals surface area contributed by atoms with Gasteiger partial charge < -0.3 is 9.84 Å². The second kappa shape index (κ2) is 8.25. The lowest BCUT2D eigenvalue weighted by molar-refractivity contribution is 0.0239. The first-order valence-corrected chi connectivity index (χ1v) is 5.78. The van der Waals surface area contributed by atoms with Gasteiger partial charge in [-0.15, -0.1) is 0 Å². The molecule has 0 aromatic heterocycles. The minimum Gasteiger partial charge on any atom is -0.396 e. The Labute approximate surface area is 88.7 Å². The van der Waals surface area contributed by atoms with Crippen LogP contribution < -0.4 is 0 Å². The molecule has 0 heterocycles. The highest BCUT2D eigenvalue weighted by molar-refractivity contribution is 4.55. The summed E-state index contributed by atoms with van der Waals surface area (Å²) in [4.78, 5) is 0. The van der Waals surface area contributed by atoms with Gasteiger partial charge in [0.15, 0.2) is 0 Å². The van der Waals surface area contributed by atoms with E-state index in [-0.39, 0.29) is 12.5 Å². The first kappa shape index (κ1) is 13.9. The third-order valence-electron chi connectivity index (χ3n) is 2.37. The Morgan fingerprint density at radius 2 is 1.71 bits per heavy atom. The SMILES string of the molecule is CC(C)CCCC(C)OCC(C)CO. The maximum absolute atomic E-state index is 8.82. The quantitative estimate of drug-likeness (QED) is 0.656. The van der Waals surface area contributed by atoms with Crippen LogP contribution in [-0.2, 0) is 4.74 Å². The minimum absolute atomic E-state index is 0.221. The van der Waals surface area contributed by atoms with Gasteiger partial charge in [-0.3, -0.25) is 0 Å². The van der Waals surface area contributed by atoms with Crippen molar-refractivity contribution in [2.75, 3.05) is 13.2 Å². The Morgan fingerprint density at radius 1 is 1.07 bits per heavy atom. The molecule has 0 aromatic carbocycles. The van der Waals surface area contributed by atoms with Gasteiger partial charge in [0.2, 0.25) is 0 Å². The second-order valence-electron chi connectivity index (χ2n) is 4.76.